The first-order valence-corrected chi connectivity index (χ1v) is 6.11. The number of ether oxygens (including phenoxy) is 1. The summed E-state index contributed by atoms with van der Waals surface area (Å²) in [6.45, 7) is 2.61. The summed E-state index contributed by atoms with van der Waals surface area (Å²) in [5, 5.41) is 0.985. The molecule has 0 saturated heterocycles. The lowest BCUT2D eigenvalue weighted by Gasteiger charge is -2.28. The number of rotatable bonds is 2. The van der Waals surface area contributed by atoms with Crippen LogP contribution >= 0.6 is 11.5 Å². The average Bonchev–Trinajstić information content (AvgIpc) is 2.93. The van der Waals surface area contributed by atoms with Crippen LogP contribution in [0.1, 0.15) is 5.82 Å². The van der Waals surface area contributed by atoms with Crippen molar-refractivity contribution in [3.63, 3.8) is 0 Å². The fraction of sp³-hybridized carbons (Fsp3) is 0.400. The lowest BCUT2D eigenvalue weighted by molar-refractivity contribution is 0.416. The number of hydrogen-bond acceptors (Lipinski definition) is 6. The third-order valence-electron chi connectivity index (χ3n) is 2.89. The van der Waals surface area contributed by atoms with Gasteiger partial charge in [-0.1, -0.05) is 0 Å². The number of nitrogens with two attached hydrogens (primary N) is 1. The van der Waals surface area contributed by atoms with Gasteiger partial charge in [0.05, 0.1) is 13.7 Å². The van der Waals surface area contributed by atoms with Gasteiger partial charge in [-0.05, 0) is 11.5 Å². The van der Waals surface area contributed by atoms with Crippen LogP contribution in [0.2, 0.25) is 0 Å². The van der Waals surface area contributed by atoms with Gasteiger partial charge in [0.25, 0.3) is 0 Å². The maximum Gasteiger partial charge on any atom is 0.197 e. The summed E-state index contributed by atoms with van der Waals surface area (Å²) in [7, 11) is 1.62. The number of anilines is 2. The SMILES string of the molecule is COc1c(N)nsc1N1CCn2ccnc2C1. The number of hydrogen-bond donors (Lipinski definition) is 1. The standard InChI is InChI=1S/C10H13N5OS/c1-16-8-9(11)13-17-10(8)15-5-4-14-3-2-12-7(14)6-15/h2-3H,4-6H2,1H3,(H2,11,13). The Hall–Kier alpha value is -1.76. The molecule has 0 fully saturated rings. The van der Waals surface area contributed by atoms with Crippen LogP contribution in [0, 0.1) is 0 Å². The molecule has 0 spiro atoms. The van der Waals surface area contributed by atoms with E-state index in [4.69, 9.17) is 10.5 Å². The molecule has 1 aliphatic rings. The first-order chi connectivity index (χ1) is 8.29. The summed E-state index contributed by atoms with van der Waals surface area (Å²) in [6, 6.07) is 0. The maximum absolute atomic E-state index is 5.76. The van der Waals surface area contributed by atoms with E-state index in [0.29, 0.717) is 11.6 Å². The fourth-order valence-corrected chi connectivity index (χ4v) is 2.83. The second-order valence-corrected chi connectivity index (χ2v) is 4.62. The molecule has 6 nitrogen and oxygen atoms in total. The van der Waals surface area contributed by atoms with Gasteiger partial charge in [-0.15, -0.1) is 0 Å². The molecular weight excluding hydrogens is 238 g/mol. The van der Waals surface area contributed by atoms with E-state index >= 15 is 0 Å². The van der Waals surface area contributed by atoms with Gasteiger partial charge in [0.15, 0.2) is 16.6 Å². The van der Waals surface area contributed by atoms with Crippen LogP contribution in [0.5, 0.6) is 5.75 Å². The van der Waals surface area contributed by atoms with E-state index in [-0.39, 0.29) is 0 Å². The van der Waals surface area contributed by atoms with Gasteiger partial charge in [-0.25, -0.2) is 4.98 Å². The lowest BCUT2D eigenvalue weighted by atomic mass is 10.3. The molecule has 3 rings (SSSR count). The number of imidazole rings is 1. The van der Waals surface area contributed by atoms with Crippen molar-refractivity contribution in [1.29, 1.82) is 0 Å². The topological polar surface area (TPSA) is 69.2 Å². The lowest BCUT2D eigenvalue weighted by Crippen LogP contribution is -2.33. The number of nitrogen functional groups attached to an aromatic ring is 1. The number of nitrogens with zero attached hydrogens (tertiary/aromatic N) is 4. The summed E-state index contributed by atoms with van der Waals surface area (Å²) in [4.78, 5) is 6.53. The van der Waals surface area contributed by atoms with Gasteiger partial charge in [0, 0.05) is 25.5 Å². The second-order valence-electron chi connectivity index (χ2n) is 3.86. The van der Waals surface area contributed by atoms with Gasteiger partial charge in [-0.2, -0.15) is 4.37 Å². The third-order valence-corrected chi connectivity index (χ3v) is 3.80. The molecule has 2 aromatic rings. The second kappa shape index (κ2) is 3.92. The van der Waals surface area contributed by atoms with Crippen LogP contribution in [0.25, 0.3) is 0 Å². The van der Waals surface area contributed by atoms with Gasteiger partial charge in [0.1, 0.15) is 5.82 Å². The molecule has 0 unspecified atom stereocenters. The van der Waals surface area contributed by atoms with Crippen LogP contribution in [0.4, 0.5) is 10.8 Å². The third kappa shape index (κ3) is 1.62. The Labute approximate surface area is 103 Å². The molecule has 7 heteroatoms. The van der Waals surface area contributed by atoms with E-state index in [2.05, 4.69) is 18.8 Å². The first kappa shape index (κ1) is 10.4. The molecule has 0 aliphatic carbocycles. The molecule has 0 atom stereocenters. The highest BCUT2D eigenvalue weighted by molar-refractivity contribution is 7.11. The predicted molar refractivity (Wildman–Crippen MR) is 66.4 cm³/mol. The van der Waals surface area contributed by atoms with Gasteiger partial charge >= 0.3 is 0 Å². The molecule has 2 aromatic heterocycles. The van der Waals surface area contributed by atoms with Gasteiger partial charge < -0.3 is 19.9 Å². The van der Waals surface area contributed by atoms with E-state index in [0.717, 1.165) is 30.5 Å². The molecule has 0 amide bonds. The fourth-order valence-electron chi connectivity index (χ4n) is 2.02. The molecule has 0 radical (unpaired) electrons. The molecule has 0 bridgehead atoms. The quantitative estimate of drug-likeness (QED) is 0.860. The summed E-state index contributed by atoms with van der Waals surface area (Å²) in [5.41, 5.74) is 5.76. The Kier molecular flexibility index (Phi) is 2.40. The molecule has 3 heterocycles. The van der Waals surface area contributed by atoms with Crippen LogP contribution in [-0.2, 0) is 13.1 Å². The maximum atomic E-state index is 5.76. The Bertz CT molecular complexity index is 535. The van der Waals surface area contributed by atoms with Crippen LogP contribution in [-0.4, -0.2) is 27.6 Å². The minimum atomic E-state index is 0.460. The zero-order valence-electron chi connectivity index (χ0n) is 9.46. The van der Waals surface area contributed by atoms with Gasteiger partial charge in [-0.3, -0.25) is 0 Å². The molecule has 2 N–H and O–H groups in total. The predicted octanol–water partition coefficient (Wildman–Crippen LogP) is 0.951. The minimum Gasteiger partial charge on any atom is -0.490 e. The van der Waals surface area contributed by atoms with E-state index in [1.807, 2.05) is 12.4 Å². The first-order valence-electron chi connectivity index (χ1n) is 5.33. The summed E-state index contributed by atoms with van der Waals surface area (Å²) in [5.74, 6) is 2.20. The summed E-state index contributed by atoms with van der Waals surface area (Å²) < 4.78 is 11.6. The largest absolute Gasteiger partial charge is 0.490 e. The van der Waals surface area contributed by atoms with Crippen molar-refractivity contribution in [2.24, 2.45) is 0 Å². The van der Waals surface area contributed by atoms with E-state index < -0.39 is 0 Å². The van der Waals surface area contributed by atoms with E-state index in [1.54, 1.807) is 7.11 Å². The minimum absolute atomic E-state index is 0.460. The van der Waals surface area contributed by atoms with Crippen LogP contribution < -0.4 is 15.4 Å². The molecule has 0 saturated carbocycles. The monoisotopic (exact) mass is 251 g/mol. The van der Waals surface area contributed by atoms with Crippen molar-refractivity contribution in [1.82, 2.24) is 13.9 Å². The average molecular weight is 251 g/mol. The van der Waals surface area contributed by atoms with Crippen molar-refractivity contribution < 1.29 is 4.74 Å². The van der Waals surface area contributed by atoms with Crippen molar-refractivity contribution in [3.05, 3.63) is 18.2 Å². The number of fused-ring (bicyclic) bond motifs is 1. The Balaban J connectivity index is 1.91. The van der Waals surface area contributed by atoms with Crippen molar-refractivity contribution in [2.45, 2.75) is 13.1 Å². The molecule has 1 aliphatic heterocycles. The number of aromatic nitrogens is 3. The smallest absolute Gasteiger partial charge is 0.197 e. The van der Waals surface area contributed by atoms with E-state index in [1.165, 1.54) is 11.5 Å². The normalized spacial score (nSPS) is 14.8. The number of methoxy groups -OCH3 is 1. The Morgan fingerprint density at radius 3 is 3.18 bits per heavy atom. The zero-order chi connectivity index (χ0) is 11.8. The Morgan fingerprint density at radius 2 is 2.35 bits per heavy atom. The van der Waals surface area contributed by atoms with Crippen molar-refractivity contribution in [3.8, 4) is 5.75 Å². The zero-order valence-corrected chi connectivity index (χ0v) is 10.3. The van der Waals surface area contributed by atoms with Crippen LogP contribution in [0.3, 0.4) is 0 Å². The molecule has 90 valence electrons. The highest BCUT2D eigenvalue weighted by Crippen LogP contribution is 2.39. The summed E-state index contributed by atoms with van der Waals surface area (Å²) >= 11 is 1.37. The van der Waals surface area contributed by atoms with E-state index in [9.17, 15) is 0 Å². The molecule has 17 heavy (non-hydrogen) atoms. The van der Waals surface area contributed by atoms with Crippen molar-refractivity contribution >= 4 is 22.4 Å². The highest BCUT2D eigenvalue weighted by Gasteiger charge is 2.23. The van der Waals surface area contributed by atoms with Crippen LogP contribution in [0.15, 0.2) is 12.4 Å². The summed E-state index contributed by atoms with van der Waals surface area (Å²) in [6.07, 6.45) is 3.84. The Morgan fingerprint density at radius 1 is 1.47 bits per heavy atom. The highest BCUT2D eigenvalue weighted by atomic mass is 32.1. The molecule has 0 aromatic carbocycles. The van der Waals surface area contributed by atoms with Gasteiger partial charge in [0.2, 0.25) is 0 Å². The van der Waals surface area contributed by atoms with Crippen molar-refractivity contribution in [2.75, 3.05) is 24.3 Å². The molecular formula is C10H13N5OS.